The molecular weight excluding hydrogens is 274 g/mol. The summed E-state index contributed by atoms with van der Waals surface area (Å²) < 4.78 is 27.1. The molecule has 1 fully saturated rings. The van der Waals surface area contributed by atoms with Crippen LogP contribution in [0, 0.1) is 11.3 Å². The van der Waals surface area contributed by atoms with E-state index in [1.165, 1.54) is 0 Å². The fourth-order valence-corrected chi connectivity index (χ4v) is 4.04. The first-order valence-electron chi connectivity index (χ1n) is 6.75. The average Bonchev–Trinajstić information content (AvgIpc) is 2.41. The van der Waals surface area contributed by atoms with Crippen LogP contribution in [0.3, 0.4) is 0 Å². The number of hydrogen-bond acceptors (Lipinski definition) is 4. The smallest absolute Gasteiger partial charge is 0.216 e. The summed E-state index contributed by atoms with van der Waals surface area (Å²) in [6.07, 6.45) is 3.68. The summed E-state index contributed by atoms with van der Waals surface area (Å²) in [5, 5.41) is 8.99. The van der Waals surface area contributed by atoms with Gasteiger partial charge in [-0.15, -0.1) is 0 Å². The molecule has 1 aliphatic carbocycles. The van der Waals surface area contributed by atoms with E-state index >= 15 is 0 Å². The molecule has 0 aromatic heterocycles. The molecule has 0 saturated heterocycles. The highest BCUT2D eigenvalue weighted by atomic mass is 32.2. The highest BCUT2D eigenvalue weighted by Gasteiger charge is 2.26. The van der Waals surface area contributed by atoms with Crippen molar-refractivity contribution in [2.45, 2.75) is 43.5 Å². The number of rotatable bonds is 4. The van der Waals surface area contributed by atoms with E-state index in [0.29, 0.717) is 11.1 Å². The van der Waals surface area contributed by atoms with Crippen molar-refractivity contribution in [3.8, 4) is 6.07 Å². The van der Waals surface area contributed by atoms with Crippen LogP contribution in [0.25, 0.3) is 0 Å². The molecule has 2 rings (SSSR count). The summed E-state index contributed by atoms with van der Waals surface area (Å²) in [6.45, 7) is 0. The van der Waals surface area contributed by atoms with Gasteiger partial charge in [0.05, 0.1) is 17.4 Å². The molecule has 5 nitrogen and oxygen atoms in total. The molecule has 1 saturated carbocycles. The molecule has 3 N–H and O–H groups in total. The van der Waals surface area contributed by atoms with E-state index in [1.54, 1.807) is 24.3 Å². The zero-order valence-electron chi connectivity index (χ0n) is 11.2. The van der Waals surface area contributed by atoms with Crippen molar-refractivity contribution >= 4 is 10.0 Å². The molecule has 0 spiro atoms. The van der Waals surface area contributed by atoms with Crippen molar-refractivity contribution in [2.24, 2.45) is 5.73 Å². The first-order chi connectivity index (χ1) is 9.52. The Bertz CT molecular complexity index is 607. The van der Waals surface area contributed by atoms with Gasteiger partial charge < -0.3 is 5.73 Å². The lowest BCUT2D eigenvalue weighted by atomic mass is 9.92. The molecule has 0 unspecified atom stereocenters. The van der Waals surface area contributed by atoms with Crippen molar-refractivity contribution in [3.63, 3.8) is 0 Å². The van der Waals surface area contributed by atoms with Crippen molar-refractivity contribution < 1.29 is 8.42 Å². The van der Waals surface area contributed by atoms with E-state index in [1.807, 2.05) is 6.07 Å². The lowest BCUT2D eigenvalue weighted by Crippen LogP contribution is -2.49. The van der Waals surface area contributed by atoms with E-state index in [-0.39, 0.29) is 17.8 Å². The van der Waals surface area contributed by atoms with Gasteiger partial charge in [-0.3, -0.25) is 0 Å². The van der Waals surface area contributed by atoms with Crippen LogP contribution in [-0.2, 0) is 15.8 Å². The van der Waals surface area contributed by atoms with Crippen LogP contribution >= 0.6 is 0 Å². The standard InChI is InChI=1S/C14H19N3O2S/c15-9-11-5-1-2-6-12(11)10-20(18,19)17-14-8-4-3-7-13(14)16/h1-2,5-6,13-14,17H,3-4,7-8,10,16H2/t13-,14-/m1/s1. The summed E-state index contributed by atoms with van der Waals surface area (Å²) in [7, 11) is -3.48. The minimum absolute atomic E-state index is 0.121. The largest absolute Gasteiger partial charge is 0.326 e. The Kier molecular flexibility index (Phi) is 4.76. The fourth-order valence-electron chi connectivity index (χ4n) is 2.54. The first kappa shape index (κ1) is 15.0. The van der Waals surface area contributed by atoms with Gasteiger partial charge in [0.1, 0.15) is 0 Å². The van der Waals surface area contributed by atoms with Crippen molar-refractivity contribution in [3.05, 3.63) is 35.4 Å². The zero-order chi connectivity index (χ0) is 14.6. The van der Waals surface area contributed by atoms with Crippen LogP contribution in [0.4, 0.5) is 0 Å². The first-order valence-corrected chi connectivity index (χ1v) is 8.40. The summed E-state index contributed by atoms with van der Waals surface area (Å²) >= 11 is 0. The van der Waals surface area contributed by atoms with Crippen LogP contribution in [0.5, 0.6) is 0 Å². The van der Waals surface area contributed by atoms with Gasteiger partial charge in [0.25, 0.3) is 0 Å². The van der Waals surface area contributed by atoms with Crippen LogP contribution in [0.15, 0.2) is 24.3 Å². The Morgan fingerprint density at radius 2 is 2.00 bits per heavy atom. The van der Waals surface area contributed by atoms with E-state index in [4.69, 9.17) is 11.0 Å². The van der Waals surface area contributed by atoms with Gasteiger partial charge in [-0.25, -0.2) is 13.1 Å². The highest BCUT2D eigenvalue weighted by Crippen LogP contribution is 2.19. The highest BCUT2D eigenvalue weighted by molar-refractivity contribution is 7.88. The second kappa shape index (κ2) is 6.35. The van der Waals surface area contributed by atoms with Crippen molar-refractivity contribution in [2.75, 3.05) is 0 Å². The third-order valence-electron chi connectivity index (χ3n) is 3.63. The number of nitriles is 1. The number of nitrogens with zero attached hydrogens (tertiary/aromatic N) is 1. The van der Waals surface area contributed by atoms with Gasteiger partial charge in [0.2, 0.25) is 10.0 Å². The molecule has 0 amide bonds. The number of hydrogen-bond donors (Lipinski definition) is 2. The minimum Gasteiger partial charge on any atom is -0.326 e. The quantitative estimate of drug-likeness (QED) is 0.873. The predicted molar refractivity (Wildman–Crippen MR) is 77.1 cm³/mol. The Balaban J connectivity index is 2.09. The number of sulfonamides is 1. The zero-order valence-corrected chi connectivity index (χ0v) is 12.1. The third-order valence-corrected chi connectivity index (χ3v) is 4.99. The Labute approximate surface area is 119 Å². The number of benzene rings is 1. The maximum absolute atomic E-state index is 12.2. The van der Waals surface area contributed by atoms with Gasteiger partial charge in [0, 0.05) is 12.1 Å². The molecule has 0 heterocycles. The summed E-state index contributed by atoms with van der Waals surface area (Å²) in [5.41, 5.74) is 6.87. The molecule has 6 heteroatoms. The summed E-state index contributed by atoms with van der Waals surface area (Å²) in [5.74, 6) is -0.181. The van der Waals surface area contributed by atoms with Gasteiger partial charge >= 0.3 is 0 Å². The summed E-state index contributed by atoms with van der Waals surface area (Å²) in [6, 6.07) is 8.44. The van der Waals surface area contributed by atoms with Gasteiger partial charge in [-0.1, -0.05) is 31.0 Å². The SMILES string of the molecule is N#Cc1ccccc1CS(=O)(=O)N[C@@H]1CCCC[C@H]1N. The van der Waals surface area contributed by atoms with Crippen LogP contribution < -0.4 is 10.5 Å². The molecular formula is C14H19N3O2S. The summed E-state index contributed by atoms with van der Waals surface area (Å²) in [4.78, 5) is 0. The van der Waals surface area contributed by atoms with E-state index in [2.05, 4.69) is 4.72 Å². The van der Waals surface area contributed by atoms with E-state index < -0.39 is 10.0 Å². The molecule has 0 radical (unpaired) electrons. The predicted octanol–water partition coefficient (Wildman–Crippen LogP) is 1.25. The number of nitrogens with two attached hydrogens (primary N) is 1. The minimum atomic E-state index is -3.48. The van der Waals surface area contributed by atoms with Gasteiger partial charge in [0.15, 0.2) is 0 Å². The van der Waals surface area contributed by atoms with Crippen molar-refractivity contribution in [1.82, 2.24) is 4.72 Å². The lowest BCUT2D eigenvalue weighted by molar-refractivity contribution is 0.361. The molecule has 20 heavy (non-hydrogen) atoms. The third kappa shape index (κ3) is 3.79. The molecule has 1 aliphatic rings. The van der Waals surface area contributed by atoms with E-state index in [0.717, 1.165) is 25.7 Å². The monoisotopic (exact) mass is 293 g/mol. The normalized spacial score (nSPS) is 23.2. The van der Waals surface area contributed by atoms with Crippen LogP contribution in [-0.4, -0.2) is 20.5 Å². The molecule has 0 bridgehead atoms. The van der Waals surface area contributed by atoms with Gasteiger partial charge in [-0.2, -0.15) is 5.26 Å². The maximum atomic E-state index is 12.2. The van der Waals surface area contributed by atoms with Crippen molar-refractivity contribution in [1.29, 1.82) is 5.26 Å². The topological polar surface area (TPSA) is 96.0 Å². The molecule has 108 valence electrons. The molecule has 1 aromatic rings. The second-order valence-electron chi connectivity index (χ2n) is 5.20. The van der Waals surface area contributed by atoms with E-state index in [9.17, 15) is 8.42 Å². The lowest BCUT2D eigenvalue weighted by Gasteiger charge is -2.29. The average molecular weight is 293 g/mol. The Morgan fingerprint density at radius 3 is 2.70 bits per heavy atom. The molecule has 2 atom stereocenters. The number of nitrogens with one attached hydrogen (secondary N) is 1. The Hall–Kier alpha value is -1.42. The molecule has 1 aromatic carbocycles. The Morgan fingerprint density at radius 1 is 1.30 bits per heavy atom. The second-order valence-corrected chi connectivity index (χ2v) is 6.95. The maximum Gasteiger partial charge on any atom is 0.216 e. The fraction of sp³-hybridized carbons (Fsp3) is 0.500. The van der Waals surface area contributed by atoms with Crippen LogP contribution in [0.1, 0.15) is 36.8 Å². The van der Waals surface area contributed by atoms with Gasteiger partial charge in [-0.05, 0) is 24.5 Å². The molecule has 0 aliphatic heterocycles. The van der Waals surface area contributed by atoms with Crippen LogP contribution in [0.2, 0.25) is 0 Å².